The largest absolute Gasteiger partial charge is 0.426 e. The number of benzene rings is 1. The summed E-state index contributed by atoms with van der Waals surface area (Å²) >= 11 is 0. The lowest BCUT2D eigenvalue weighted by Gasteiger charge is -2.33. The molecule has 21 heavy (non-hydrogen) atoms. The standard InChI is InChI=1S/C17H29O3P/c1-8-16(4,5)13-10-12(3)11-14(17(6,7)9-2)15(13)20-21(18)19/h10-11,18-19H,8-9H2,1-7H3. The van der Waals surface area contributed by atoms with Crippen LogP contribution in [0.2, 0.25) is 0 Å². The lowest BCUT2D eigenvalue weighted by Crippen LogP contribution is -2.22. The van der Waals surface area contributed by atoms with Gasteiger partial charge in [-0.05, 0) is 30.6 Å². The number of hydrogen-bond acceptors (Lipinski definition) is 3. The molecule has 3 nitrogen and oxygen atoms in total. The first-order valence-electron chi connectivity index (χ1n) is 7.56. The average Bonchev–Trinajstić information content (AvgIpc) is 2.39. The van der Waals surface area contributed by atoms with Crippen molar-refractivity contribution in [3.63, 3.8) is 0 Å². The van der Waals surface area contributed by atoms with Gasteiger partial charge in [-0.15, -0.1) is 0 Å². The second-order valence-corrected chi connectivity index (χ2v) is 7.70. The number of hydrogen-bond donors (Lipinski definition) is 2. The monoisotopic (exact) mass is 312 g/mol. The highest BCUT2D eigenvalue weighted by Crippen LogP contribution is 2.46. The molecule has 1 rings (SSSR count). The molecule has 0 radical (unpaired) electrons. The van der Waals surface area contributed by atoms with Crippen LogP contribution in [0, 0.1) is 6.92 Å². The molecule has 0 atom stereocenters. The fourth-order valence-electron chi connectivity index (χ4n) is 2.34. The van der Waals surface area contributed by atoms with E-state index in [1.54, 1.807) is 0 Å². The Morgan fingerprint density at radius 3 is 1.62 bits per heavy atom. The topological polar surface area (TPSA) is 49.7 Å². The normalized spacial score (nSPS) is 12.9. The van der Waals surface area contributed by atoms with Crippen molar-refractivity contribution in [1.29, 1.82) is 0 Å². The van der Waals surface area contributed by atoms with Crippen molar-refractivity contribution in [2.24, 2.45) is 0 Å². The SMILES string of the molecule is CCC(C)(C)c1cc(C)cc(C(C)(C)CC)c1OP(O)O. The maximum Gasteiger partial charge on any atom is 0.391 e. The van der Waals surface area contributed by atoms with Crippen LogP contribution in [-0.4, -0.2) is 9.79 Å². The molecule has 0 aromatic heterocycles. The van der Waals surface area contributed by atoms with E-state index in [4.69, 9.17) is 4.52 Å². The fourth-order valence-corrected chi connectivity index (χ4v) is 2.70. The van der Waals surface area contributed by atoms with Crippen molar-refractivity contribution in [3.05, 3.63) is 28.8 Å². The molecule has 0 aliphatic carbocycles. The maximum atomic E-state index is 9.40. The predicted molar refractivity (Wildman–Crippen MR) is 89.8 cm³/mol. The summed E-state index contributed by atoms with van der Waals surface area (Å²) in [5.41, 5.74) is 3.13. The van der Waals surface area contributed by atoms with Gasteiger partial charge >= 0.3 is 8.60 Å². The molecule has 4 heteroatoms. The summed E-state index contributed by atoms with van der Waals surface area (Å²) < 4.78 is 5.48. The summed E-state index contributed by atoms with van der Waals surface area (Å²) in [6.07, 6.45) is 1.90. The molecule has 120 valence electrons. The fraction of sp³-hybridized carbons (Fsp3) is 0.647. The molecule has 0 amide bonds. The lowest BCUT2D eigenvalue weighted by molar-refractivity contribution is 0.358. The van der Waals surface area contributed by atoms with Gasteiger partial charge < -0.3 is 14.3 Å². The van der Waals surface area contributed by atoms with Gasteiger partial charge in [-0.3, -0.25) is 0 Å². The van der Waals surface area contributed by atoms with Crippen LogP contribution in [0.4, 0.5) is 0 Å². The van der Waals surface area contributed by atoms with Crippen LogP contribution in [0.5, 0.6) is 5.75 Å². The summed E-state index contributed by atoms with van der Waals surface area (Å²) in [6.45, 7) is 15.0. The maximum absolute atomic E-state index is 9.40. The van der Waals surface area contributed by atoms with Gasteiger partial charge in [0.2, 0.25) is 0 Å². The van der Waals surface area contributed by atoms with Crippen LogP contribution < -0.4 is 4.52 Å². The van der Waals surface area contributed by atoms with Gasteiger partial charge in [0.1, 0.15) is 5.75 Å². The Hall–Kier alpha value is -0.630. The molecule has 0 saturated heterocycles. The van der Waals surface area contributed by atoms with E-state index >= 15 is 0 Å². The van der Waals surface area contributed by atoms with Gasteiger partial charge in [-0.2, -0.15) is 0 Å². The Morgan fingerprint density at radius 2 is 1.33 bits per heavy atom. The van der Waals surface area contributed by atoms with Gasteiger partial charge in [0.25, 0.3) is 0 Å². The zero-order valence-corrected chi connectivity index (χ0v) is 15.2. The number of rotatable bonds is 6. The van der Waals surface area contributed by atoms with E-state index in [1.807, 2.05) is 0 Å². The molecule has 0 bridgehead atoms. The highest BCUT2D eigenvalue weighted by atomic mass is 31.2. The Kier molecular flexibility index (Phi) is 5.83. The van der Waals surface area contributed by atoms with E-state index < -0.39 is 8.60 Å². The van der Waals surface area contributed by atoms with Gasteiger partial charge in [0, 0.05) is 11.1 Å². The molecule has 1 aromatic carbocycles. The quantitative estimate of drug-likeness (QED) is 0.730. The Labute approximate surface area is 130 Å². The molecule has 0 heterocycles. The first-order chi connectivity index (χ1) is 9.55. The van der Waals surface area contributed by atoms with E-state index in [0.717, 1.165) is 24.0 Å². The van der Waals surface area contributed by atoms with Crippen molar-refractivity contribution >= 4 is 8.60 Å². The summed E-state index contributed by atoms with van der Waals surface area (Å²) in [5.74, 6) is 0.649. The van der Waals surface area contributed by atoms with Crippen molar-refractivity contribution in [3.8, 4) is 5.75 Å². The molecule has 0 saturated carbocycles. The van der Waals surface area contributed by atoms with Crippen LogP contribution in [-0.2, 0) is 10.8 Å². The zero-order valence-electron chi connectivity index (χ0n) is 14.3. The first-order valence-corrected chi connectivity index (χ1v) is 8.73. The molecular weight excluding hydrogens is 283 g/mol. The highest BCUT2D eigenvalue weighted by Gasteiger charge is 2.31. The summed E-state index contributed by atoms with van der Waals surface area (Å²) in [5, 5.41) is 0. The van der Waals surface area contributed by atoms with E-state index in [0.29, 0.717) is 5.75 Å². The van der Waals surface area contributed by atoms with E-state index in [1.165, 1.54) is 5.56 Å². The van der Waals surface area contributed by atoms with Crippen molar-refractivity contribution in [2.75, 3.05) is 0 Å². The summed E-state index contributed by atoms with van der Waals surface area (Å²) in [7, 11) is -2.42. The van der Waals surface area contributed by atoms with Gasteiger partial charge in [-0.25, -0.2) is 0 Å². The van der Waals surface area contributed by atoms with Crippen LogP contribution in [0.3, 0.4) is 0 Å². The molecule has 0 aliphatic rings. The van der Waals surface area contributed by atoms with E-state index in [-0.39, 0.29) is 10.8 Å². The molecule has 0 unspecified atom stereocenters. The Balaban J connectivity index is 3.64. The van der Waals surface area contributed by atoms with Crippen molar-refractivity contribution in [2.45, 2.75) is 72.1 Å². The third kappa shape index (κ3) is 4.18. The third-order valence-electron chi connectivity index (χ3n) is 4.63. The summed E-state index contributed by atoms with van der Waals surface area (Å²) in [4.78, 5) is 18.8. The molecule has 1 aromatic rings. The van der Waals surface area contributed by atoms with Gasteiger partial charge in [0.05, 0.1) is 0 Å². The van der Waals surface area contributed by atoms with Crippen LogP contribution in [0.1, 0.15) is 71.1 Å². The lowest BCUT2D eigenvalue weighted by atomic mass is 9.75. The second kappa shape index (κ2) is 6.64. The van der Waals surface area contributed by atoms with E-state index in [9.17, 15) is 9.79 Å². The third-order valence-corrected chi connectivity index (χ3v) is 4.98. The average molecular weight is 312 g/mol. The van der Waals surface area contributed by atoms with Crippen LogP contribution >= 0.6 is 8.60 Å². The van der Waals surface area contributed by atoms with Gasteiger partial charge in [0.15, 0.2) is 0 Å². The van der Waals surface area contributed by atoms with Gasteiger partial charge in [-0.1, -0.05) is 59.2 Å². The predicted octanol–water partition coefficient (Wildman–Crippen LogP) is 4.96. The Morgan fingerprint density at radius 1 is 0.952 bits per heavy atom. The first kappa shape index (κ1) is 18.4. The smallest absolute Gasteiger partial charge is 0.391 e. The van der Waals surface area contributed by atoms with Crippen molar-refractivity contribution in [1.82, 2.24) is 0 Å². The molecule has 0 spiro atoms. The minimum absolute atomic E-state index is 0.0781. The summed E-state index contributed by atoms with van der Waals surface area (Å²) in [6, 6.07) is 4.21. The molecular formula is C17H29O3P. The minimum Gasteiger partial charge on any atom is -0.426 e. The highest BCUT2D eigenvalue weighted by molar-refractivity contribution is 7.39. The molecule has 0 fully saturated rings. The van der Waals surface area contributed by atoms with Crippen molar-refractivity contribution < 1.29 is 14.3 Å². The van der Waals surface area contributed by atoms with Crippen LogP contribution in [0.15, 0.2) is 12.1 Å². The molecule has 2 N–H and O–H groups in total. The second-order valence-electron chi connectivity index (χ2n) is 7.01. The Bertz CT molecular complexity index is 456. The van der Waals surface area contributed by atoms with Crippen LogP contribution in [0.25, 0.3) is 0 Å². The molecule has 0 aliphatic heterocycles. The zero-order chi connectivity index (χ0) is 16.4. The minimum atomic E-state index is -2.42. The number of aryl methyl sites for hydroxylation is 1. The van der Waals surface area contributed by atoms with E-state index in [2.05, 4.69) is 60.6 Å².